The number of methoxy groups -OCH3 is 1. The number of nitrogens with one attached hydrogen (secondary N) is 1. The lowest BCUT2D eigenvalue weighted by Crippen LogP contribution is -2.18. The molecule has 0 fully saturated rings. The number of anilines is 1. The predicted octanol–water partition coefficient (Wildman–Crippen LogP) is 0.617. The summed E-state index contributed by atoms with van der Waals surface area (Å²) < 4.78 is 5.10. The van der Waals surface area contributed by atoms with Crippen molar-refractivity contribution < 1.29 is 9.53 Å². The van der Waals surface area contributed by atoms with Gasteiger partial charge in [0.05, 0.1) is 7.11 Å². The van der Waals surface area contributed by atoms with Crippen LogP contribution in [0.4, 0.5) is 5.69 Å². The SMILES string of the molecule is COc1ccc(C(N)=S)c(NCCC(N)=O)c1. The molecule has 1 aromatic carbocycles. The third-order valence-electron chi connectivity index (χ3n) is 2.18. The van der Waals surface area contributed by atoms with Crippen molar-refractivity contribution >= 4 is 28.8 Å². The van der Waals surface area contributed by atoms with Gasteiger partial charge in [-0.3, -0.25) is 4.79 Å². The van der Waals surface area contributed by atoms with Gasteiger partial charge in [0.1, 0.15) is 10.7 Å². The summed E-state index contributed by atoms with van der Waals surface area (Å²) in [5, 5.41) is 3.05. The number of primary amides is 1. The van der Waals surface area contributed by atoms with Gasteiger partial charge in [-0.25, -0.2) is 0 Å². The first-order valence-electron chi connectivity index (χ1n) is 5.04. The highest BCUT2D eigenvalue weighted by Gasteiger charge is 2.06. The van der Waals surface area contributed by atoms with E-state index in [9.17, 15) is 4.79 Å². The average molecular weight is 253 g/mol. The molecule has 0 spiro atoms. The number of hydrogen-bond acceptors (Lipinski definition) is 4. The van der Waals surface area contributed by atoms with Crippen molar-refractivity contribution in [1.82, 2.24) is 0 Å². The third-order valence-corrected chi connectivity index (χ3v) is 2.40. The number of thiocarbonyl (C=S) groups is 1. The molecule has 0 saturated carbocycles. The van der Waals surface area contributed by atoms with E-state index in [0.29, 0.717) is 17.9 Å². The zero-order valence-corrected chi connectivity index (χ0v) is 10.3. The Morgan fingerprint density at radius 1 is 1.47 bits per heavy atom. The summed E-state index contributed by atoms with van der Waals surface area (Å²) in [6, 6.07) is 5.32. The van der Waals surface area contributed by atoms with E-state index < -0.39 is 0 Å². The minimum Gasteiger partial charge on any atom is -0.497 e. The van der Waals surface area contributed by atoms with Gasteiger partial charge < -0.3 is 21.5 Å². The van der Waals surface area contributed by atoms with E-state index in [2.05, 4.69) is 5.32 Å². The first-order chi connectivity index (χ1) is 8.04. The largest absolute Gasteiger partial charge is 0.497 e. The molecule has 0 bridgehead atoms. The molecule has 92 valence electrons. The normalized spacial score (nSPS) is 9.71. The van der Waals surface area contributed by atoms with Gasteiger partial charge in [0.25, 0.3) is 0 Å². The van der Waals surface area contributed by atoms with Crippen molar-refractivity contribution in [2.45, 2.75) is 6.42 Å². The van der Waals surface area contributed by atoms with Gasteiger partial charge in [-0.15, -0.1) is 0 Å². The van der Waals surface area contributed by atoms with Crippen molar-refractivity contribution in [2.75, 3.05) is 19.0 Å². The number of carbonyl (C=O) groups is 1. The molecule has 1 rings (SSSR count). The summed E-state index contributed by atoms with van der Waals surface area (Å²) in [6.45, 7) is 0.429. The fraction of sp³-hybridized carbons (Fsp3) is 0.273. The second-order valence-corrected chi connectivity index (χ2v) is 3.86. The minimum absolute atomic E-state index is 0.244. The molecule has 5 nitrogen and oxygen atoms in total. The van der Waals surface area contributed by atoms with Gasteiger partial charge >= 0.3 is 0 Å². The summed E-state index contributed by atoms with van der Waals surface area (Å²) in [7, 11) is 1.57. The number of hydrogen-bond donors (Lipinski definition) is 3. The van der Waals surface area contributed by atoms with Crippen molar-refractivity contribution in [3.05, 3.63) is 23.8 Å². The zero-order valence-electron chi connectivity index (χ0n) is 9.53. The lowest BCUT2D eigenvalue weighted by Gasteiger charge is -2.12. The lowest BCUT2D eigenvalue weighted by molar-refractivity contribution is -0.117. The van der Waals surface area contributed by atoms with Gasteiger partial charge in [-0.2, -0.15) is 0 Å². The zero-order chi connectivity index (χ0) is 12.8. The molecule has 0 aliphatic carbocycles. The van der Waals surface area contributed by atoms with Crippen molar-refractivity contribution in [2.24, 2.45) is 11.5 Å². The van der Waals surface area contributed by atoms with E-state index in [0.717, 1.165) is 5.69 Å². The fourth-order valence-corrected chi connectivity index (χ4v) is 1.51. The monoisotopic (exact) mass is 253 g/mol. The van der Waals surface area contributed by atoms with Crippen LogP contribution in [0.15, 0.2) is 18.2 Å². The third kappa shape index (κ3) is 3.92. The maximum Gasteiger partial charge on any atom is 0.219 e. The van der Waals surface area contributed by atoms with Crippen LogP contribution in [-0.2, 0) is 4.79 Å². The quantitative estimate of drug-likeness (QED) is 0.646. The molecule has 1 aromatic rings. The highest BCUT2D eigenvalue weighted by molar-refractivity contribution is 7.80. The smallest absolute Gasteiger partial charge is 0.219 e. The molecule has 6 heteroatoms. The predicted molar refractivity (Wildman–Crippen MR) is 71.2 cm³/mol. The number of amides is 1. The molecule has 17 heavy (non-hydrogen) atoms. The summed E-state index contributed by atoms with van der Waals surface area (Å²) in [5.74, 6) is 0.323. The van der Waals surface area contributed by atoms with Crippen LogP contribution in [-0.4, -0.2) is 24.6 Å². The number of nitrogens with two attached hydrogens (primary N) is 2. The summed E-state index contributed by atoms with van der Waals surface area (Å²) >= 11 is 4.94. The summed E-state index contributed by atoms with van der Waals surface area (Å²) in [6.07, 6.45) is 0.244. The van der Waals surface area contributed by atoms with Gasteiger partial charge in [-0.05, 0) is 12.1 Å². The number of ether oxygens (including phenoxy) is 1. The van der Waals surface area contributed by atoms with E-state index >= 15 is 0 Å². The van der Waals surface area contributed by atoms with Crippen molar-refractivity contribution in [3.8, 4) is 5.75 Å². The molecule has 1 amide bonds. The molecule has 0 aliphatic heterocycles. The molecule has 0 unspecified atom stereocenters. The summed E-state index contributed by atoms with van der Waals surface area (Å²) in [5.41, 5.74) is 12.1. The van der Waals surface area contributed by atoms with Gasteiger partial charge in [0.15, 0.2) is 0 Å². The second kappa shape index (κ2) is 6.05. The average Bonchev–Trinajstić information content (AvgIpc) is 2.28. The van der Waals surface area contributed by atoms with E-state index in [1.165, 1.54) is 0 Å². The maximum atomic E-state index is 10.6. The van der Waals surface area contributed by atoms with Crippen LogP contribution in [0.5, 0.6) is 5.75 Å². The Kier molecular flexibility index (Phi) is 4.71. The molecule has 0 saturated heterocycles. The van der Waals surface area contributed by atoms with Crippen molar-refractivity contribution in [3.63, 3.8) is 0 Å². The molecule has 0 atom stereocenters. The molecule has 0 radical (unpaired) electrons. The molecular formula is C11H15N3O2S. The van der Waals surface area contributed by atoms with E-state index in [-0.39, 0.29) is 17.3 Å². The number of rotatable bonds is 6. The Bertz CT molecular complexity index is 435. The number of benzene rings is 1. The maximum absolute atomic E-state index is 10.6. The molecule has 0 heterocycles. The first-order valence-corrected chi connectivity index (χ1v) is 5.45. The second-order valence-electron chi connectivity index (χ2n) is 3.42. The topological polar surface area (TPSA) is 90.4 Å². The van der Waals surface area contributed by atoms with Crippen LogP contribution in [0, 0.1) is 0 Å². The summed E-state index contributed by atoms with van der Waals surface area (Å²) in [4.78, 5) is 10.9. The molecule has 0 aliphatic rings. The van der Waals surface area contributed by atoms with Gasteiger partial charge in [0.2, 0.25) is 5.91 Å². The number of carbonyl (C=O) groups excluding carboxylic acids is 1. The highest BCUT2D eigenvalue weighted by Crippen LogP contribution is 2.22. The van der Waals surface area contributed by atoms with E-state index in [1.807, 2.05) is 0 Å². The van der Waals surface area contributed by atoms with Crippen LogP contribution in [0.3, 0.4) is 0 Å². The standard InChI is InChI=1S/C11H15N3O2S/c1-16-7-2-3-8(11(13)17)9(6-7)14-5-4-10(12)15/h2-3,6,14H,4-5H2,1H3,(H2,12,15)(H2,13,17). The first kappa shape index (κ1) is 13.2. The van der Waals surface area contributed by atoms with Gasteiger partial charge in [-0.1, -0.05) is 12.2 Å². The Balaban J connectivity index is 2.85. The van der Waals surface area contributed by atoms with E-state index in [1.54, 1.807) is 25.3 Å². The molecular weight excluding hydrogens is 238 g/mol. The Morgan fingerprint density at radius 3 is 2.71 bits per heavy atom. The van der Waals surface area contributed by atoms with Crippen LogP contribution in [0.25, 0.3) is 0 Å². The van der Waals surface area contributed by atoms with Crippen LogP contribution in [0.2, 0.25) is 0 Å². The van der Waals surface area contributed by atoms with E-state index in [4.69, 9.17) is 28.4 Å². The Labute approximate surface area is 105 Å². The Morgan fingerprint density at radius 2 is 2.18 bits per heavy atom. The Hall–Kier alpha value is -1.82. The van der Waals surface area contributed by atoms with Crippen LogP contribution >= 0.6 is 12.2 Å². The van der Waals surface area contributed by atoms with Crippen molar-refractivity contribution in [1.29, 1.82) is 0 Å². The van der Waals surface area contributed by atoms with Crippen LogP contribution < -0.4 is 21.5 Å². The molecule has 5 N–H and O–H groups in total. The fourth-order valence-electron chi connectivity index (χ4n) is 1.33. The lowest BCUT2D eigenvalue weighted by atomic mass is 10.1. The highest BCUT2D eigenvalue weighted by atomic mass is 32.1. The van der Waals surface area contributed by atoms with Crippen LogP contribution in [0.1, 0.15) is 12.0 Å². The molecule has 0 aromatic heterocycles. The minimum atomic E-state index is -0.364. The van der Waals surface area contributed by atoms with Gasteiger partial charge in [0, 0.05) is 30.3 Å².